The van der Waals surface area contributed by atoms with Crippen LogP contribution in [0.4, 0.5) is 8.78 Å². The summed E-state index contributed by atoms with van der Waals surface area (Å²) in [5.41, 5.74) is 2.90. The van der Waals surface area contributed by atoms with Gasteiger partial charge >= 0.3 is 5.97 Å². The van der Waals surface area contributed by atoms with Crippen LogP contribution in [0.1, 0.15) is 82.1 Å². The van der Waals surface area contributed by atoms with Crippen LogP contribution in [0.25, 0.3) is 5.70 Å². The van der Waals surface area contributed by atoms with Crippen molar-refractivity contribution < 1.29 is 28.3 Å². The fourth-order valence-electron chi connectivity index (χ4n) is 4.46. The average Bonchev–Trinajstić information content (AvgIpc) is 2.82. The molecule has 1 aliphatic heterocycles. The highest BCUT2D eigenvalue weighted by molar-refractivity contribution is 6.34. The number of carboxylic acids is 1. The van der Waals surface area contributed by atoms with Gasteiger partial charge in [-0.3, -0.25) is 14.4 Å². The molecular formula is C30H35Cl2F2NO4. The first-order valence-electron chi connectivity index (χ1n) is 13.0. The Morgan fingerprint density at radius 1 is 0.949 bits per heavy atom. The molecule has 0 aromatic heterocycles. The molecule has 2 aromatic carbocycles. The smallest absolute Gasteiger partial charge is 0.303 e. The molecule has 1 heterocycles. The van der Waals surface area contributed by atoms with Crippen LogP contribution in [0, 0.1) is 29.4 Å². The van der Waals surface area contributed by atoms with E-state index in [0.29, 0.717) is 29.3 Å². The van der Waals surface area contributed by atoms with Crippen molar-refractivity contribution in [3.05, 3.63) is 74.8 Å². The number of allylic oxidation sites excluding steroid dienone is 1. The third-order valence-electron chi connectivity index (χ3n) is 6.16. The lowest BCUT2D eigenvalue weighted by Crippen LogP contribution is -2.27. The van der Waals surface area contributed by atoms with E-state index in [1.54, 1.807) is 6.07 Å². The van der Waals surface area contributed by atoms with E-state index in [1.807, 2.05) is 13.8 Å². The van der Waals surface area contributed by atoms with Gasteiger partial charge in [0.05, 0.1) is 10.0 Å². The fraction of sp³-hybridized carbons (Fsp3) is 0.433. The molecule has 0 aliphatic carbocycles. The second kappa shape index (κ2) is 15.1. The van der Waals surface area contributed by atoms with Gasteiger partial charge in [0.1, 0.15) is 11.6 Å². The lowest BCUT2D eigenvalue weighted by molar-refractivity contribution is -0.137. The Labute approximate surface area is 238 Å². The maximum Gasteiger partial charge on any atom is 0.303 e. The molecule has 2 aromatic rings. The van der Waals surface area contributed by atoms with Crippen LogP contribution in [-0.2, 0) is 9.59 Å². The van der Waals surface area contributed by atoms with Gasteiger partial charge in [0.2, 0.25) is 5.91 Å². The molecule has 0 saturated heterocycles. The number of aliphatic carboxylic acids is 1. The van der Waals surface area contributed by atoms with Crippen LogP contribution < -0.4 is 5.32 Å². The summed E-state index contributed by atoms with van der Waals surface area (Å²) in [6.45, 7) is 8.20. The molecule has 1 aliphatic rings. The highest BCUT2D eigenvalue weighted by Gasteiger charge is 2.24. The lowest BCUT2D eigenvalue weighted by atomic mass is 9.86. The van der Waals surface area contributed by atoms with Crippen LogP contribution in [0.5, 0.6) is 0 Å². The summed E-state index contributed by atoms with van der Waals surface area (Å²) in [6, 6.07) is 7.90. The summed E-state index contributed by atoms with van der Waals surface area (Å²) in [5, 5.41) is 12.0. The lowest BCUT2D eigenvalue weighted by Gasteiger charge is -2.23. The number of amides is 1. The van der Waals surface area contributed by atoms with Gasteiger partial charge in [-0.1, -0.05) is 50.9 Å². The molecule has 9 heteroatoms. The molecule has 5 nitrogen and oxygen atoms in total. The van der Waals surface area contributed by atoms with Gasteiger partial charge in [-0.25, -0.2) is 8.78 Å². The Bertz CT molecular complexity index is 1230. The maximum atomic E-state index is 13.1. The Balaban J connectivity index is 0.000000274. The van der Waals surface area contributed by atoms with Crippen LogP contribution in [0.2, 0.25) is 10.0 Å². The van der Waals surface area contributed by atoms with E-state index in [0.717, 1.165) is 24.6 Å². The van der Waals surface area contributed by atoms with Gasteiger partial charge in [-0.05, 0) is 79.5 Å². The first-order chi connectivity index (χ1) is 18.3. The summed E-state index contributed by atoms with van der Waals surface area (Å²) < 4.78 is 26.1. The normalized spacial score (nSPS) is 14.2. The Hall–Kier alpha value is -2.77. The van der Waals surface area contributed by atoms with Gasteiger partial charge in [-0.2, -0.15) is 0 Å². The monoisotopic (exact) mass is 581 g/mol. The minimum absolute atomic E-state index is 0.0112. The summed E-state index contributed by atoms with van der Waals surface area (Å²) in [4.78, 5) is 34.7. The topological polar surface area (TPSA) is 83.5 Å². The highest BCUT2D eigenvalue weighted by Crippen LogP contribution is 2.32. The maximum absolute atomic E-state index is 13.1. The molecule has 3 rings (SSSR count). The minimum atomic E-state index is -0.934. The third kappa shape index (κ3) is 10.4. The van der Waals surface area contributed by atoms with Crippen LogP contribution in [-0.4, -0.2) is 22.8 Å². The van der Waals surface area contributed by atoms with Gasteiger partial charge < -0.3 is 10.4 Å². The second-order valence-electron chi connectivity index (χ2n) is 10.5. The Morgan fingerprint density at radius 3 is 2.10 bits per heavy atom. The molecule has 212 valence electrons. The summed E-state index contributed by atoms with van der Waals surface area (Å²) >= 11 is 12.0. The van der Waals surface area contributed by atoms with Crippen LogP contribution in [0.3, 0.4) is 0 Å². The van der Waals surface area contributed by atoms with E-state index in [2.05, 4.69) is 19.2 Å². The molecule has 0 bridgehead atoms. The molecular weight excluding hydrogens is 547 g/mol. The van der Waals surface area contributed by atoms with Crippen LogP contribution >= 0.6 is 23.2 Å². The van der Waals surface area contributed by atoms with Crippen molar-refractivity contribution in [2.45, 2.75) is 66.2 Å². The van der Waals surface area contributed by atoms with Crippen LogP contribution in [0.15, 0.2) is 42.0 Å². The zero-order valence-electron chi connectivity index (χ0n) is 22.6. The summed E-state index contributed by atoms with van der Waals surface area (Å²) in [5.74, 6) is -1.69. The first kappa shape index (κ1) is 32.4. The predicted molar refractivity (Wildman–Crippen MR) is 151 cm³/mol. The third-order valence-corrected chi connectivity index (χ3v) is 6.78. The van der Waals surface area contributed by atoms with Crippen molar-refractivity contribution in [3.8, 4) is 0 Å². The number of carbonyl (C=O) groups is 3. The van der Waals surface area contributed by atoms with Crippen molar-refractivity contribution >= 4 is 46.6 Å². The number of hydrogen-bond acceptors (Lipinski definition) is 3. The molecule has 1 amide bonds. The zero-order valence-corrected chi connectivity index (χ0v) is 24.1. The minimum Gasteiger partial charge on any atom is -0.481 e. The van der Waals surface area contributed by atoms with Gasteiger partial charge in [0.15, 0.2) is 5.78 Å². The van der Waals surface area contributed by atoms with E-state index < -0.39 is 17.7 Å². The molecule has 1 unspecified atom stereocenters. The van der Waals surface area contributed by atoms with Crippen molar-refractivity contribution in [2.24, 2.45) is 17.8 Å². The molecule has 0 spiro atoms. The second-order valence-corrected chi connectivity index (χ2v) is 11.3. The summed E-state index contributed by atoms with van der Waals surface area (Å²) in [7, 11) is 0. The Kier molecular flexibility index (Phi) is 12.6. The van der Waals surface area contributed by atoms with E-state index in [9.17, 15) is 23.2 Å². The van der Waals surface area contributed by atoms with E-state index in [4.69, 9.17) is 28.3 Å². The number of ketones is 1. The van der Waals surface area contributed by atoms with Crippen molar-refractivity contribution in [1.29, 1.82) is 0 Å². The predicted octanol–water partition coefficient (Wildman–Crippen LogP) is 8.34. The number of halogens is 4. The largest absolute Gasteiger partial charge is 0.481 e. The van der Waals surface area contributed by atoms with E-state index in [1.165, 1.54) is 29.8 Å². The molecule has 0 fully saturated rings. The fourth-order valence-corrected chi connectivity index (χ4v) is 4.98. The molecule has 0 saturated carbocycles. The molecule has 1 atom stereocenters. The number of carboxylic acid groups (broad SMARTS) is 1. The van der Waals surface area contributed by atoms with Gasteiger partial charge in [0, 0.05) is 35.6 Å². The average molecular weight is 583 g/mol. The van der Waals surface area contributed by atoms with Crippen molar-refractivity contribution in [1.82, 2.24) is 5.32 Å². The number of carbonyl (C=O) groups excluding carboxylic acids is 2. The molecule has 39 heavy (non-hydrogen) atoms. The van der Waals surface area contributed by atoms with E-state index >= 15 is 0 Å². The van der Waals surface area contributed by atoms with Crippen molar-refractivity contribution in [3.63, 3.8) is 0 Å². The number of hydrogen-bond donors (Lipinski definition) is 2. The van der Waals surface area contributed by atoms with E-state index in [-0.39, 0.29) is 46.9 Å². The number of Topliss-reactive ketones (excluding diaryl/α,β-unsaturated/α-hetero) is 1. The first-order valence-corrected chi connectivity index (χ1v) is 13.7. The number of nitrogens with one attached hydrogen (secondary N) is 1. The SMILES string of the molecule is CC(C)CC(CCC(=O)O)C(=O)c1ccc(F)cc1Cl.CC(C)CC1=C(c2ccc(F)cc2Cl)NC(=O)CC1. The molecule has 0 radical (unpaired) electrons. The van der Waals surface area contributed by atoms with Gasteiger partial charge in [-0.15, -0.1) is 0 Å². The number of benzene rings is 2. The summed E-state index contributed by atoms with van der Waals surface area (Å²) in [6.07, 6.45) is 2.93. The standard InChI is InChI=1S/C15H17ClFNO.C15H18ClFO3/c1-9(2)7-10-3-6-14(19)18-15(10)12-5-4-11(17)8-13(12)16;1-9(2)7-10(3-6-14(18)19)15(20)12-5-4-11(17)8-13(12)16/h4-5,8-9H,3,6-7H2,1-2H3,(H,18,19);4-5,8-10H,3,6-7H2,1-2H3,(H,18,19). The number of rotatable bonds is 10. The van der Waals surface area contributed by atoms with Gasteiger partial charge in [0.25, 0.3) is 0 Å². The zero-order chi connectivity index (χ0) is 29.3. The Morgan fingerprint density at radius 2 is 1.56 bits per heavy atom. The quantitative estimate of drug-likeness (QED) is 0.276. The van der Waals surface area contributed by atoms with Crippen molar-refractivity contribution in [2.75, 3.05) is 0 Å². The molecule has 2 N–H and O–H groups in total. The highest BCUT2D eigenvalue weighted by atomic mass is 35.5.